The van der Waals surface area contributed by atoms with Gasteiger partial charge in [-0.2, -0.15) is 0 Å². The van der Waals surface area contributed by atoms with E-state index in [1.54, 1.807) is 18.3 Å². The van der Waals surface area contributed by atoms with Gasteiger partial charge in [0.1, 0.15) is 11.2 Å². The highest BCUT2D eigenvalue weighted by Gasteiger charge is 2.57. The number of carbonyl (C=O) groups excluding carboxylic acids is 1. The Morgan fingerprint density at radius 1 is 1.50 bits per heavy atom. The van der Waals surface area contributed by atoms with E-state index < -0.39 is 17.3 Å². The molecular weight excluding hydrogens is 208 g/mol. The summed E-state index contributed by atoms with van der Waals surface area (Å²) in [5, 5.41) is 11.5. The minimum atomic E-state index is -1.22. The van der Waals surface area contributed by atoms with Crippen molar-refractivity contribution in [1.82, 2.24) is 4.98 Å². The number of hydrogen-bond acceptors (Lipinski definition) is 3. The van der Waals surface area contributed by atoms with Gasteiger partial charge in [-0.1, -0.05) is 0 Å². The van der Waals surface area contributed by atoms with Crippen LogP contribution in [0.5, 0.6) is 0 Å². The lowest BCUT2D eigenvalue weighted by Gasteiger charge is -2.10. The number of nitrogens with one attached hydrogen (secondary N) is 1. The van der Waals surface area contributed by atoms with Crippen LogP contribution in [0.3, 0.4) is 0 Å². The predicted octanol–water partition coefficient (Wildman–Crippen LogP) is 1.19. The molecule has 5 nitrogen and oxygen atoms in total. The van der Waals surface area contributed by atoms with E-state index in [1.807, 2.05) is 6.92 Å². The zero-order valence-electron chi connectivity index (χ0n) is 8.86. The summed E-state index contributed by atoms with van der Waals surface area (Å²) in [4.78, 5) is 26.6. The first-order valence-electron chi connectivity index (χ1n) is 5.02. The van der Waals surface area contributed by atoms with Crippen molar-refractivity contribution in [1.29, 1.82) is 0 Å². The molecule has 0 bridgehead atoms. The smallest absolute Gasteiger partial charge is 0.319 e. The number of carboxylic acid groups (broad SMARTS) is 1. The van der Waals surface area contributed by atoms with Gasteiger partial charge in [0.2, 0.25) is 5.91 Å². The minimum Gasteiger partial charge on any atom is -0.480 e. The Labute approximate surface area is 92.5 Å². The summed E-state index contributed by atoms with van der Waals surface area (Å²) in [5.74, 6) is -1.13. The van der Waals surface area contributed by atoms with Crippen molar-refractivity contribution in [2.75, 3.05) is 5.32 Å². The third-order valence-electron chi connectivity index (χ3n) is 2.75. The Morgan fingerprint density at radius 2 is 2.19 bits per heavy atom. The SMILES string of the molecule is Cc1ccnc(NC(=O)C2(C(=O)O)CC2)c1. The van der Waals surface area contributed by atoms with Crippen molar-refractivity contribution >= 4 is 17.7 Å². The molecule has 0 aliphatic heterocycles. The molecule has 1 heterocycles. The molecule has 84 valence electrons. The van der Waals surface area contributed by atoms with E-state index in [0.717, 1.165) is 5.56 Å². The molecule has 1 aromatic heterocycles. The highest BCUT2D eigenvalue weighted by atomic mass is 16.4. The maximum Gasteiger partial charge on any atom is 0.319 e. The zero-order chi connectivity index (χ0) is 11.8. The first kappa shape index (κ1) is 10.6. The van der Waals surface area contributed by atoms with Crippen molar-refractivity contribution in [3.63, 3.8) is 0 Å². The zero-order valence-corrected chi connectivity index (χ0v) is 8.86. The fraction of sp³-hybridized carbons (Fsp3) is 0.364. The van der Waals surface area contributed by atoms with Crippen molar-refractivity contribution in [2.45, 2.75) is 19.8 Å². The van der Waals surface area contributed by atoms with Gasteiger partial charge < -0.3 is 10.4 Å². The molecule has 0 radical (unpaired) electrons. The maximum absolute atomic E-state index is 11.7. The van der Waals surface area contributed by atoms with Crippen molar-refractivity contribution in [2.24, 2.45) is 5.41 Å². The largest absolute Gasteiger partial charge is 0.480 e. The Hall–Kier alpha value is -1.91. The van der Waals surface area contributed by atoms with Crippen LogP contribution in [-0.2, 0) is 9.59 Å². The summed E-state index contributed by atoms with van der Waals surface area (Å²) < 4.78 is 0. The fourth-order valence-electron chi connectivity index (χ4n) is 1.50. The monoisotopic (exact) mass is 220 g/mol. The van der Waals surface area contributed by atoms with Crippen molar-refractivity contribution in [3.8, 4) is 0 Å². The molecule has 0 unspecified atom stereocenters. The summed E-state index contributed by atoms with van der Waals surface area (Å²) >= 11 is 0. The van der Waals surface area contributed by atoms with E-state index in [-0.39, 0.29) is 0 Å². The Balaban J connectivity index is 2.11. The van der Waals surface area contributed by atoms with E-state index in [1.165, 1.54) is 0 Å². The number of rotatable bonds is 3. The van der Waals surface area contributed by atoms with Crippen molar-refractivity contribution < 1.29 is 14.7 Å². The first-order valence-corrected chi connectivity index (χ1v) is 5.02. The number of amides is 1. The van der Waals surface area contributed by atoms with E-state index in [0.29, 0.717) is 18.7 Å². The normalized spacial score (nSPS) is 16.6. The highest BCUT2D eigenvalue weighted by Crippen LogP contribution is 2.46. The molecule has 2 N–H and O–H groups in total. The summed E-state index contributed by atoms with van der Waals surface area (Å²) in [7, 11) is 0. The van der Waals surface area contributed by atoms with Gasteiger partial charge >= 0.3 is 5.97 Å². The van der Waals surface area contributed by atoms with Crippen LogP contribution in [0.1, 0.15) is 18.4 Å². The molecular formula is C11H12N2O3. The molecule has 2 rings (SSSR count). The van der Waals surface area contributed by atoms with E-state index in [4.69, 9.17) is 5.11 Å². The number of aromatic nitrogens is 1. The van der Waals surface area contributed by atoms with Gasteiger partial charge in [-0.3, -0.25) is 9.59 Å². The number of carbonyl (C=O) groups is 2. The van der Waals surface area contributed by atoms with Crippen LogP contribution in [0.25, 0.3) is 0 Å². The molecule has 0 saturated heterocycles. The Kier molecular flexibility index (Phi) is 2.38. The number of aliphatic carboxylic acids is 1. The van der Waals surface area contributed by atoms with Crippen LogP contribution < -0.4 is 5.32 Å². The van der Waals surface area contributed by atoms with Gasteiger partial charge in [0.05, 0.1) is 0 Å². The molecule has 5 heteroatoms. The van der Waals surface area contributed by atoms with Crippen LogP contribution >= 0.6 is 0 Å². The molecule has 0 atom stereocenters. The van der Waals surface area contributed by atoms with Gasteiger partial charge in [0, 0.05) is 6.20 Å². The third kappa shape index (κ3) is 1.76. The number of nitrogens with zero attached hydrogens (tertiary/aromatic N) is 1. The second-order valence-electron chi connectivity index (χ2n) is 4.06. The predicted molar refractivity (Wildman–Crippen MR) is 56.9 cm³/mol. The fourth-order valence-corrected chi connectivity index (χ4v) is 1.50. The average Bonchev–Trinajstić information content (AvgIpc) is 2.97. The molecule has 1 fully saturated rings. The molecule has 0 aromatic carbocycles. The van der Waals surface area contributed by atoms with Gasteiger partial charge in [0.25, 0.3) is 0 Å². The minimum absolute atomic E-state index is 0.400. The van der Waals surface area contributed by atoms with Crippen molar-refractivity contribution in [3.05, 3.63) is 23.9 Å². The quantitative estimate of drug-likeness (QED) is 0.750. The molecule has 1 saturated carbocycles. The highest BCUT2D eigenvalue weighted by molar-refractivity contribution is 6.10. The summed E-state index contributed by atoms with van der Waals surface area (Å²) in [5.41, 5.74) is -0.253. The number of anilines is 1. The van der Waals surface area contributed by atoms with Gasteiger partial charge in [-0.25, -0.2) is 4.98 Å². The molecule has 16 heavy (non-hydrogen) atoms. The summed E-state index contributed by atoms with van der Waals surface area (Å²) in [6.45, 7) is 1.88. The van der Waals surface area contributed by atoms with Gasteiger partial charge in [0.15, 0.2) is 0 Å². The van der Waals surface area contributed by atoms with Crippen LogP contribution in [0.4, 0.5) is 5.82 Å². The molecule has 1 amide bonds. The van der Waals surface area contributed by atoms with Gasteiger partial charge in [-0.05, 0) is 37.5 Å². The Morgan fingerprint density at radius 3 is 2.69 bits per heavy atom. The lowest BCUT2D eigenvalue weighted by molar-refractivity contribution is -0.147. The Bertz CT molecular complexity index is 452. The molecule has 0 spiro atoms. The van der Waals surface area contributed by atoms with Crippen LogP contribution in [-0.4, -0.2) is 22.0 Å². The second kappa shape index (κ2) is 3.59. The van der Waals surface area contributed by atoms with E-state index in [9.17, 15) is 9.59 Å². The number of carboxylic acids is 1. The van der Waals surface area contributed by atoms with Crippen LogP contribution in [0.2, 0.25) is 0 Å². The number of aryl methyl sites for hydroxylation is 1. The maximum atomic E-state index is 11.7. The second-order valence-corrected chi connectivity index (χ2v) is 4.06. The van der Waals surface area contributed by atoms with E-state index >= 15 is 0 Å². The third-order valence-corrected chi connectivity index (χ3v) is 2.75. The lowest BCUT2D eigenvalue weighted by atomic mass is 10.1. The first-order chi connectivity index (χ1) is 7.54. The average molecular weight is 220 g/mol. The van der Waals surface area contributed by atoms with E-state index in [2.05, 4.69) is 10.3 Å². The summed E-state index contributed by atoms with van der Waals surface area (Å²) in [6, 6.07) is 3.51. The number of pyridine rings is 1. The lowest BCUT2D eigenvalue weighted by Crippen LogP contribution is -2.31. The topological polar surface area (TPSA) is 79.3 Å². The number of hydrogen-bond donors (Lipinski definition) is 2. The molecule has 1 aliphatic rings. The summed E-state index contributed by atoms with van der Waals surface area (Å²) in [6.07, 6.45) is 2.38. The van der Waals surface area contributed by atoms with Gasteiger partial charge in [-0.15, -0.1) is 0 Å². The molecule has 1 aromatic rings. The van der Waals surface area contributed by atoms with Crippen LogP contribution in [0, 0.1) is 12.3 Å². The van der Waals surface area contributed by atoms with Crippen LogP contribution in [0.15, 0.2) is 18.3 Å². The molecule has 1 aliphatic carbocycles. The standard InChI is InChI=1S/C11H12N2O3/c1-7-2-5-12-8(6-7)13-9(14)11(3-4-11)10(15)16/h2,5-6H,3-4H2,1H3,(H,15,16)(H,12,13,14).